The maximum atomic E-state index is 12.8. The number of benzene rings is 1. The van der Waals surface area contributed by atoms with Crippen molar-refractivity contribution in [3.05, 3.63) is 58.3 Å². The second kappa shape index (κ2) is 7.59. The van der Waals surface area contributed by atoms with Crippen molar-refractivity contribution < 1.29 is 9.59 Å². The summed E-state index contributed by atoms with van der Waals surface area (Å²) in [6.07, 6.45) is 0. The Bertz CT molecular complexity index is 680. The number of carbonyl (C=O) groups is 2. The van der Waals surface area contributed by atoms with E-state index in [9.17, 15) is 9.59 Å². The van der Waals surface area contributed by atoms with Crippen LogP contribution in [0.5, 0.6) is 0 Å². The minimum atomic E-state index is -0.314. The van der Waals surface area contributed by atoms with Crippen LogP contribution in [0.25, 0.3) is 0 Å². The van der Waals surface area contributed by atoms with Gasteiger partial charge in [0, 0.05) is 32.7 Å². The van der Waals surface area contributed by atoms with Gasteiger partial charge in [0.25, 0.3) is 5.91 Å². The Morgan fingerprint density at radius 1 is 1.00 bits per heavy atom. The summed E-state index contributed by atoms with van der Waals surface area (Å²) >= 11 is 1.45. The molecular formula is C18H21N3O2S. The van der Waals surface area contributed by atoms with Crippen molar-refractivity contribution in [1.82, 2.24) is 9.80 Å². The van der Waals surface area contributed by atoms with E-state index in [0.717, 1.165) is 10.4 Å². The number of hydrogen-bond acceptors (Lipinski definition) is 4. The van der Waals surface area contributed by atoms with Crippen molar-refractivity contribution in [3.63, 3.8) is 0 Å². The Kier molecular flexibility index (Phi) is 5.27. The molecule has 3 rings (SSSR count). The lowest BCUT2D eigenvalue weighted by atomic mass is 9.97. The molecule has 1 aliphatic heterocycles. The zero-order chi connectivity index (χ0) is 16.9. The van der Waals surface area contributed by atoms with Crippen LogP contribution in [0.15, 0.2) is 47.8 Å². The van der Waals surface area contributed by atoms with Gasteiger partial charge in [-0.25, -0.2) is 0 Å². The van der Waals surface area contributed by atoms with Crippen LogP contribution in [0.2, 0.25) is 0 Å². The van der Waals surface area contributed by atoms with Crippen LogP contribution in [-0.4, -0.2) is 54.3 Å². The zero-order valence-corrected chi connectivity index (χ0v) is 14.2. The standard InChI is InChI=1S/C18H21N3O2S/c19-13-15(14-5-2-1-3-6-14)17(22)20-8-10-21(11-9-20)18(23)16-7-4-12-24-16/h1-7,12,15H,8-11,13,19H2. The van der Waals surface area contributed by atoms with Crippen molar-refractivity contribution >= 4 is 23.2 Å². The summed E-state index contributed by atoms with van der Waals surface area (Å²) in [5, 5.41) is 1.90. The summed E-state index contributed by atoms with van der Waals surface area (Å²) in [5.74, 6) is -0.215. The molecule has 0 radical (unpaired) electrons. The summed E-state index contributed by atoms with van der Waals surface area (Å²) in [7, 11) is 0. The third kappa shape index (κ3) is 3.49. The van der Waals surface area contributed by atoms with Gasteiger partial charge in [-0.2, -0.15) is 0 Å². The molecule has 0 saturated carbocycles. The molecule has 1 aromatic carbocycles. The van der Waals surface area contributed by atoms with E-state index in [4.69, 9.17) is 5.73 Å². The molecule has 0 spiro atoms. The average Bonchev–Trinajstić information content (AvgIpc) is 3.17. The van der Waals surface area contributed by atoms with Gasteiger partial charge in [0.05, 0.1) is 10.8 Å². The van der Waals surface area contributed by atoms with E-state index in [1.54, 1.807) is 0 Å². The van der Waals surface area contributed by atoms with Crippen LogP contribution in [0.4, 0.5) is 0 Å². The molecule has 2 heterocycles. The van der Waals surface area contributed by atoms with Crippen LogP contribution in [0.1, 0.15) is 21.2 Å². The second-order valence-electron chi connectivity index (χ2n) is 5.79. The number of hydrogen-bond donors (Lipinski definition) is 1. The number of rotatable bonds is 4. The molecule has 1 unspecified atom stereocenters. The van der Waals surface area contributed by atoms with Crippen molar-refractivity contribution in [2.75, 3.05) is 32.7 Å². The Labute approximate surface area is 145 Å². The summed E-state index contributed by atoms with van der Waals surface area (Å²) in [6.45, 7) is 2.53. The SMILES string of the molecule is NCC(C(=O)N1CCN(C(=O)c2cccs2)CC1)c1ccccc1. The molecule has 1 fully saturated rings. The smallest absolute Gasteiger partial charge is 0.264 e. The van der Waals surface area contributed by atoms with E-state index in [-0.39, 0.29) is 24.3 Å². The van der Waals surface area contributed by atoms with Gasteiger partial charge in [-0.1, -0.05) is 36.4 Å². The third-order valence-corrected chi connectivity index (χ3v) is 5.20. The quantitative estimate of drug-likeness (QED) is 0.920. The number of nitrogens with zero attached hydrogens (tertiary/aromatic N) is 2. The van der Waals surface area contributed by atoms with Gasteiger partial charge < -0.3 is 15.5 Å². The molecule has 0 aliphatic carbocycles. The van der Waals surface area contributed by atoms with Gasteiger partial charge in [0.2, 0.25) is 5.91 Å². The van der Waals surface area contributed by atoms with E-state index in [1.165, 1.54) is 11.3 Å². The first-order valence-electron chi connectivity index (χ1n) is 8.07. The zero-order valence-electron chi connectivity index (χ0n) is 13.4. The van der Waals surface area contributed by atoms with Crippen LogP contribution in [-0.2, 0) is 4.79 Å². The second-order valence-corrected chi connectivity index (χ2v) is 6.74. The maximum Gasteiger partial charge on any atom is 0.264 e. The fourth-order valence-electron chi connectivity index (χ4n) is 2.97. The molecule has 2 amide bonds. The largest absolute Gasteiger partial charge is 0.339 e. The van der Waals surface area contributed by atoms with Crippen LogP contribution in [0.3, 0.4) is 0 Å². The minimum Gasteiger partial charge on any atom is -0.339 e. The molecule has 24 heavy (non-hydrogen) atoms. The van der Waals surface area contributed by atoms with Crippen LogP contribution in [0, 0.1) is 0 Å². The molecule has 2 aromatic rings. The highest BCUT2D eigenvalue weighted by Crippen LogP contribution is 2.19. The molecule has 1 atom stereocenters. The number of carbonyl (C=O) groups excluding carboxylic acids is 2. The number of piperazine rings is 1. The van der Waals surface area contributed by atoms with Gasteiger partial charge in [-0.3, -0.25) is 9.59 Å². The van der Waals surface area contributed by atoms with Crippen LogP contribution < -0.4 is 5.73 Å². The fourth-order valence-corrected chi connectivity index (χ4v) is 3.66. The first kappa shape index (κ1) is 16.7. The fraction of sp³-hybridized carbons (Fsp3) is 0.333. The summed E-state index contributed by atoms with van der Waals surface area (Å²) in [4.78, 5) is 29.5. The molecule has 126 valence electrons. The van der Waals surface area contributed by atoms with Crippen molar-refractivity contribution in [2.45, 2.75) is 5.92 Å². The van der Waals surface area contributed by atoms with E-state index < -0.39 is 0 Å². The van der Waals surface area contributed by atoms with E-state index in [0.29, 0.717) is 26.2 Å². The third-order valence-electron chi connectivity index (χ3n) is 4.35. The van der Waals surface area contributed by atoms with E-state index in [2.05, 4.69) is 0 Å². The van der Waals surface area contributed by atoms with Crippen molar-refractivity contribution in [3.8, 4) is 0 Å². The van der Waals surface area contributed by atoms with E-state index >= 15 is 0 Å². The first-order valence-corrected chi connectivity index (χ1v) is 8.95. The van der Waals surface area contributed by atoms with Gasteiger partial charge in [0.1, 0.15) is 0 Å². The summed E-state index contributed by atoms with van der Waals surface area (Å²) in [6, 6.07) is 13.4. The van der Waals surface area contributed by atoms with Crippen molar-refractivity contribution in [1.29, 1.82) is 0 Å². The normalized spacial score (nSPS) is 16.0. The van der Waals surface area contributed by atoms with Gasteiger partial charge in [0.15, 0.2) is 0 Å². The average molecular weight is 343 g/mol. The molecule has 1 aromatic heterocycles. The molecule has 1 saturated heterocycles. The Hall–Kier alpha value is -2.18. The topological polar surface area (TPSA) is 66.6 Å². The van der Waals surface area contributed by atoms with Gasteiger partial charge >= 0.3 is 0 Å². The number of nitrogens with two attached hydrogens (primary N) is 1. The molecule has 5 nitrogen and oxygen atoms in total. The Morgan fingerprint density at radius 2 is 1.67 bits per heavy atom. The summed E-state index contributed by atoms with van der Waals surface area (Å²) in [5.41, 5.74) is 6.79. The number of thiophene rings is 1. The molecule has 6 heteroatoms. The van der Waals surface area contributed by atoms with Gasteiger partial charge in [-0.15, -0.1) is 11.3 Å². The number of amides is 2. The Balaban J connectivity index is 1.61. The lowest BCUT2D eigenvalue weighted by Crippen LogP contribution is -2.52. The lowest BCUT2D eigenvalue weighted by molar-refractivity contribution is -0.134. The Morgan fingerprint density at radius 3 is 2.25 bits per heavy atom. The predicted octanol–water partition coefficient (Wildman–Crippen LogP) is 1.78. The predicted molar refractivity (Wildman–Crippen MR) is 95.0 cm³/mol. The highest BCUT2D eigenvalue weighted by atomic mass is 32.1. The van der Waals surface area contributed by atoms with Crippen LogP contribution >= 0.6 is 11.3 Å². The molecule has 0 bridgehead atoms. The molecule has 1 aliphatic rings. The highest BCUT2D eigenvalue weighted by molar-refractivity contribution is 7.12. The highest BCUT2D eigenvalue weighted by Gasteiger charge is 2.29. The first-order chi connectivity index (χ1) is 11.7. The maximum absolute atomic E-state index is 12.8. The lowest BCUT2D eigenvalue weighted by Gasteiger charge is -2.36. The monoisotopic (exact) mass is 343 g/mol. The van der Waals surface area contributed by atoms with Crippen molar-refractivity contribution in [2.24, 2.45) is 5.73 Å². The molecular weight excluding hydrogens is 322 g/mol. The minimum absolute atomic E-state index is 0.0481. The van der Waals surface area contributed by atoms with E-state index in [1.807, 2.05) is 57.6 Å². The molecule has 2 N–H and O–H groups in total. The van der Waals surface area contributed by atoms with Gasteiger partial charge in [-0.05, 0) is 17.0 Å². The summed E-state index contributed by atoms with van der Waals surface area (Å²) < 4.78 is 0.